The lowest BCUT2D eigenvalue weighted by molar-refractivity contribution is -0.122. The Morgan fingerprint density at radius 3 is 2.87 bits per heavy atom. The molecule has 1 aromatic carbocycles. The maximum Gasteiger partial charge on any atom is 0.265 e. The number of hydrogen-bond donors (Lipinski definition) is 2. The van der Waals surface area contributed by atoms with Gasteiger partial charge in [-0.05, 0) is 50.1 Å². The van der Waals surface area contributed by atoms with Gasteiger partial charge in [0.1, 0.15) is 5.75 Å². The Kier molecular flexibility index (Phi) is 4.09. The fraction of sp³-hybridized carbons (Fsp3) is 0.294. The van der Waals surface area contributed by atoms with Crippen LogP contribution in [0.15, 0.2) is 24.3 Å². The van der Waals surface area contributed by atoms with Gasteiger partial charge in [0.05, 0.1) is 10.6 Å². The summed E-state index contributed by atoms with van der Waals surface area (Å²) in [5.74, 6) is 0.270. The third-order valence-corrected chi connectivity index (χ3v) is 4.89. The third kappa shape index (κ3) is 3.07. The molecule has 2 amide bonds. The van der Waals surface area contributed by atoms with Crippen molar-refractivity contribution in [3.8, 4) is 5.75 Å². The van der Waals surface area contributed by atoms with Crippen LogP contribution in [0.25, 0.3) is 0 Å². The van der Waals surface area contributed by atoms with E-state index < -0.39 is 6.10 Å². The summed E-state index contributed by atoms with van der Waals surface area (Å²) in [5, 5.41) is 5.64. The topological polar surface area (TPSA) is 67.4 Å². The zero-order valence-electron chi connectivity index (χ0n) is 13.2. The maximum atomic E-state index is 12.4. The van der Waals surface area contributed by atoms with E-state index in [0.717, 1.165) is 11.3 Å². The summed E-state index contributed by atoms with van der Waals surface area (Å²) >= 11 is 1.49. The molecule has 2 N–H and O–H groups in total. The summed E-state index contributed by atoms with van der Waals surface area (Å²) in [6.07, 6.45) is 0.403. The minimum Gasteiger partial charge on any atom is -0.479 e. The fourth-order valence-corrected chi connectivity index (χ4v) is 3.47. The van der Waals surface area contributed by atoms with Gasteiger partial charge in [-0.1, -0.05) is 6.92 Å². The number of carbonyl (C=O) groups is 2. The van der Waals surface area contributed by atoms with Crippen LogP contribution in [0.5, 0.6) is 5.75 Å². The van der Waals surface area contributed by atoms with Crippen LogP contribution in [0, 0.1) is 6.92 Å². The van der Waals surface area contributed by atoms with E-state index in [1.807, 2.05) is 13.0 Å². The molecule has 0 radical (unpaired) electrons. The van der Waals surface area contributed by atoms with Crippen molar-refractivity contribution in [3.05, 3.63) is 39.6 Å². The number of carbonyl (C=O) groups excluding carboxylic acids is 2. The van der Waals surface area contributed by atoms with Gasteiger partial charge in [0.25, 0.3) is 11.8 Å². The van der Waals surface area contributed by atoms with Gasteiger partial charge in [0.15, 0.2) is 6.10 Å². The average Bonchev–Trinajstić information content (AvgIpc) is 2.90. The maximum absolute atomic E-state index is 12.4. The number of rotatable bonds is 3. The molecule has 3 rings (SSSR count). The highest BCUT2D eigenvalue weighted by Gasteiger charge is 2.23. The summed E-state index contributed by atoms with van der Waals surface area (Å²) in [5.41, 5.74) is 2.39. The van der Waals surface area contributed by atoms with Crippen molar-refractivity contribution in [2.75, 3.05) is 10.6 Å². The molecule has 2 aromatic rings. The average molecular weight is 330 g/mol. The molecule has 0 fully saturated rings. The van der Waals surface area contributed by atoms with E-state index in [1.54, 1.807) is 25.1 Å². The molecule has 1 unspecified atom stereocenters. The smallest absolute Gasteiger partial charge is 0.265 e. The molecule has 0 saturated carbocycles. The minimum absolute atomic E-state index is 0.144. The lowest BCUT2D eigenvalue weighted by Gasteiger charge is -2.23. The van der Waals surface area contributed by atoms with Gasteiger partial charge < -0.3 is 15.4 Å². The molecule has 0 saturated heterocycles. The Balaban J connectivity index is 1.79. The molecule has 0 bridgehead atoms. The van der Waals surface area contributed by atoms with E-state index in [9.17, 15) is 9.59 Å². The largest absolute Gasteiger partial charge is 0.479 e. The first kappa shape index (κ1) is 15.6. The van der Waals surface area contributed by atoms with Crippen molar-refractivity contribution in [2.24, 2.45) is 0 Å². The molecule has 1 aliphatic rings. The highest BCUT2D eigenvalue weighted by molar-refractivity contribution is 7.14. The van der Waals surface area contributed by atoms with E-state index in [2.05, 4.69) is 17.6 Å². The lowest BCUT2D eigenvalue weighted by atomic mass is 10.2. The van der Waals surface area contributed by atoms with Crippen LogP contribution in [0.3, 0.4) is 0 Å². The summed E-state index contributed by atoms with van der Waals surface area (Å²) in [4.78, 5) is 25.9. The predicted octanol–water partition coefficient (Wildman–Crippen LogP) is 3.59. The number of anilines is 2. The molecule has 0 aliphatic carbocycles. The van der Waals surface area contributed by atoms with Crippen molar-refractivity contribution in [3.63, 3.8) is 0 Å². The molecular weight excluding hydrogens is 312 g/mol. The monoisotopic (exact) mass is 330 g/mol. The van der Waals surface area contributed by atoms with Gasteiger partial charge in [-0.25, -0.2) is 0 Å². The van der Waals surface area contributed by atoms with Gasteiger partial charge in [0.2, 0.25) is 0 Å². The van der Waals surface area contributed by atoms with Crippen LogP contribution < -0.4 is 15.4 Å². The molecule has 1 atom stereocenters. The minimum atomic E-state index is -0.510. The van der Waals surface area contributed by atoms with Crippen LogP contribution in [0.1, 0.15) is 34.0 Å². The zero-order valence-corrected chi connectivity index (χ0v) is 14.0. The zero-order chi connectivity index (χ0) is 16.6. The Labute approximate surface area is 138 Å². The number of amides is 2. The number of hydrogen-bond acceptors (Lipinski definition) is 4. The third-order valence-electron chi connectivity index (χ3n) is 3.79. The number of aryl methyl sites for hydroxylation is 2. The van der Waals surface area contributed by atoms with Crippen LogP contribution in [-0.2, 0) is 11.2 Å². The first-order chi connectivity index (χ1) is 11.0. The van der Waals surface area contributed by atoms with E-state index in [1.165, 1.54) is 16.9 Å². The predicted molar refractivity (Wildman–Crippen MR) is 91.5 cm³/mol. The van der Waals surface area contributed by atoms with E-state index >= 15 is 0 Å². The molecule has 1 aliphatic heterocycles. The Hall–Kier alpha value is -2.34. The van der Waals surface area contributed by atoms with Crippen molar-refractivity contribution >= 4 is 34.5 Å². The normalized spacial score (nSPS) is 16.3. The molecule has 120 valence electrons. The highest BCUT2D eigenvalue weighted by atomic mass is 32.1. The van der Waals surface area contributed by atoms with Gasteiger partial charge in [-0.15, -0.1) is 11.3 Å². The van der Waals surface area contributed by atoms with Crippen LogP contribution in [0.4, 0.5) is 11.4 Å². The van der Waals surface area contributed by atoms with E-state index in [-0.39, 0.29) is 11.8 Å². The van der Waals surface area contributed by atoms with E-state index in [0.29, 0.717) is 22.0 Å². The van der Waals surface area contributed by atoms with Crippen LogP contribution in [-0.4, -0.2) is 17.9 Å². The summed E-state index contributed by atoms with van der Waals surface area (Å²) < 4.78 is 5.50. The first-order valence-corrected chi connectivity index (χ1v) is 8.31. The quantitative estimate of drug-likeness (QED) is 0.904. The Morgan fingerprint density at radius 1 is 1.39 bits per heavy atom. The number of ether oxygens (including phenoxy) is 1. The van der Waals surface area contributed by atoms with Crippen molar-refractivity contribution in [2.45, 2.75) is 33.3 Å². The standard InChI is InChI=1S/C17H18N2O3S/c1-4-11-7-15(23-10(11)3)17(21)18-12-5-6-14-13(8-12)19-16(20)9(2)22-14/h5-9H,4H2,1-3H3,(H,18,21)(H,19,20). The SMILES string of the molecule is CCc1cc(C(=O)Nc2ccc3c(c2)NC(=O)C(C)O3)sc1C. The molecule has 23 heavy (non-hydrogen) atoms. The molecule has 1 aromatic heterocycles. The number of nitrogens with one attached hydrogen (secondary N) is 2. The molecule has 2 heterocycles. The van der Waals surface area contributed by atoms with Crippen molar-refractivity contribution in [1.82, 2.24) is 0 Å². The van der Waals surface area contributed by atoms with E-state index in [4.69, 9.17) is 4.74 Å². The second-order valence-corrected chi connectivity index (χ2v) is 6.72. The highest BCUT2D eigenvalue weighted by Crippen LogP contribution is 2.32. The van der Waals surface area contributed by atoms with Gasteiger partial charge >= 0.3 is 0 Å². The van der Waals surface area contributed by atoms with Gasteiger partial charge in [0, 0.05) is 10.6 Å². The van der Waals surface area contributed by atoms with Crippen LogP contribution >= 0.6 is 11.3 Å². The first-order valence-electron chi connectivity index (χ1n) is 7.50. The van der Waals surface area contributed by atoms with Crippen molar-refractivity contribution in [1.29, 1.82) is 0 Å². The number of fused-ring (bicyclic) bond motifs is 1. The molecule has 6 heteroatoms. The molecular formula is C17H18N2O3S. The van der Waals surface area contributed by atoms with Crippen molar-refractivity contribution < 1.29 is 14.3 Å². The molecule has 5 nitrogen and oxygen atoms in total. The fourth-order valence-electron chi connectivity index (χ4n) is 2.46. The second kappa shape index (κ2) is 6.04. The molecule has 0 spiro atoms. The second-order valence-electron chi connectivity index (χ2n) is 5.46. The van der Waals surface area contributed by atoms with Gasteiger partial charge in [-0.2, -0.15) is 0 Å². The number of benzene rings is 1. The summed E-state index contributed by atoms with van der Waals surface area (Å²) in [6.45, 7) is 5.79. The lowest BCUT2D eigenvalue weighted by Crippen LogP contribution is -2.34. The van der Waals surface area contributed by atoms with Crippen LogP contribution in [0.2, 0.25) is 0 Å². The van der Waals surface area contributed by atoms with Gasteiger partial charge in [-0.3, -0.25) is 9.59 Å². The Bertz CT molecular complexity index is 782. The summed E-state index contributed by atoms with van der Waals surface area (Å²) in [6, 6.07) is 7.15. The number of thiophene rings is 1. The summed E-state index contributed by atoms with van der Waals surface area (Å²) in [7, 11) is 0. The Morgan fingerprint density at radius 2 is 2.17 bits per heavy atom.